The third kappa shape index (κ3) is 3.54. The van der Waals surface area contributed by atoms with E-state index in [-0.39, 0.29) is 27.8 Å². The first kappa shape index (κ1) is 19.7. The lowest BCUT2D eigenvalue weighted by atomic mass is 10.1. The molecule has 0 bridgehead atoms. The number of anilines is 1. The minimum absolute atomic E-state index is 0.0522. The van der Waals surface area contributed by atoms with Crippen LogP contribution < -0.4 is 5.32 Å². The van der Waals surface area contributed by atoms with Crippen LogP contribution >= 0.6 is 11.3 Å². The largest absolute Gasteiger partial charge is 0.417 e. The number of carbonyl (C=O) groups is 3. The molecule has 11 heteroatoms. The molecule has 3 amide bonds. The number of nitrogens with zero attached hydrogens (tertiary/aromatic N) is 3. The summed E-state index contributed by atoms with van der Waals surface area (Å²) >= 11 is 0.857. The molecule has 0 spiro atoms. The molecular formula is C19H11F3N4O3S. The van der Waals surface area contributed by atoms with E-state index < -0.39 is 35.0 Å². The number of alkyl halides is 3. The quantitative estimate of drug-likeness (QED) is 0.636. The van der Waals surface area contributed by atoms with Gasteiger partial charge in [-0.15, -0.1) is 10.2 Å². The molecule has 3 aromatic rings. The Hall–Kier alpha value is -3.60. The van der Waals surface area contributed by atoms with Crippen LogP contribution in [0.15, 0.2) is 48.5 Å². The van der Waals surface area contributed by atoms with E-state index in [1.54, 1.807) is 24.3 Å². The number of rotatable bonds is 4. The normalized spacial score (nSPS) is 13.5. The molecule has 1 aromatic heterocycles. The minimum atomic E-state index is -4.69. The Bertz CT molecular complexity index is 1140. The maximum atomic E-state index is 13.1. The molecule has 7 nitrogen and oxygen atoms in total. The molecule has 0 aliphatic carbocycles. The molecule has 2 aromatic carbocycles. The predicted octanol–water partition coefficient (Wildman–Crippen LogP) is 3.61. The van der Waals surface area contributed by atoms with E-state index in [4.69, 9.17) is 0 Å². The lowest BCUT2D eigenvalue weighted by Crippen LogP contribution is -2.29. The van der Waals surface area contributed by atoms with E-state index in [9.17, 15) is 27.6 Å². The molecule has 0 radical (unpaired) electrons. The van der Waals surface area contributed by atoms with Gasteiger partial charge >= 0.3 is 6.18 Å². The molecule has 0 atom stereocenters. The number of hydrogen-bond acceptors (Lipinski definition) is 6. The van der Waals surface area contributed by atoms with Gasteiger partial charge in [0.2, 0.25) is 5.13 Å². The van der Waals surface area contributed by atoms with Crippen molar-refractivity contribution in [3.05, 3.63) is 75.8 Å². The maximum Gasteiger partial charge on any atom is 0.417 e. The third-order valence-corrected chi connectivity index (χ3v) is 5.16. The molecule has 152 valence electrons. The minimum Gasteiger partial charge on any atom is -0.296 e. The van der Waals surface area contributed by atoms with Crippen LogP contribution in [0.5, 0.6) is 0 Å². The van der Waals surface area contributed by atoms with Gasteiger partial charge in [-0.1, -0.05) is 35.6 Å². The van der Waals surface area contributed by atoms with Gasteiger partial charge in [0.15, 0.2) is 0 Å². The summed E-state index contributed by atoms with van der Waals surface area (Å²) in [5.74, 6) is -1.95. The molecule has 30 heavy (non-hydrogen) atoms. The third-order valence-electron chi connectivity index (χ3n) is 4.34. The Morgan fingerprint density at radius 1 is 0.967 bits per heavy atom. The van der Waals surface area contributed by atoms with Crippen LogP contribution in [-0.2, 0) is 12.7 Å². The number of benzene rings is 2. The fourth-order valence-corrected chi connectivity index (χ4v) is 3.70. The summed E-state index contributed by atoms with van der Waals surface area (Å²) < 4.78 is 39.3. The summed E-state index contributed by atoms with van der Waals surface area (Å²) in [4.78, 5) is 38.1. The molecule has 0 fully saturated rings. The van der Waals surface area contributed by atoms with Crippen molar-refractivity contribution >= 4 is 34.2 Å². The van der Waals surface area contributed by atoms with Gasteiger partial charge in [-0.2, -0.15) is 13.2 Å². The molecule has 4 rings (SSSR count). The SMILES string of the molecule is O=C(Nc1nnc(CN2C(=O)c3ccccc3C2=O)s1)c1ccccc1C(F)(F)F. The first-order valence-electron chi connectivity index (χ1n) is 8.51. The molecule has 0 unspecified atom stereocenters. The Morgan fingerprint density at radius 3 is 2.20 bits per heavy atom. The smallest absolute Gasteiger partial charge is 0.296 e. The highest BCUT2D eigenvalue weighted by molar-refractivity contribution is 7.15. The number of fused-ring (bicyclic) bond motifs is 1. The van der Waals surface area contributed by atoms with Crippen LogP contribution in [0.25, 0.3) is 0 Å². The second-order valence-corrected chi connectivity index (χ2v) is 7.30. The summed E-state index contributed by atoms with van der Waals surface area (Å²) in [6.07, 6.45) is -4.69. The van der Waals surface area contributed by atoms with E-state index in [2.05, 4.69) is 15.5 Å². The number of hydrogen-bond donors (Lipinski definition) is 1. The van der Waals surface area contributed by atoms with Gasteiger partial charge in [0.1, 0.15) is 5.01 Å². The molecule has 1 N–H and O–H groups in total. The van der Waals surface area contributed by atoms with Crippen molar-refractivity contribution in [2.24, 2.45) is 0 Å². The molecule has 0 saturated carbocycles. The maximum absolute atomic E-state index is 13.1. The number of imide groups is 1. The van der Waals surface area contributed by atoms with Crippen LogP contribution in [0.1, 0.15) is 41.6 Å². The summed E-state index contributed by atoms with van der Waals surface area (Å²) in [6, 6.07) is 10.7. The van der Waals surface area contributed by atoms with Crippen LogP contribution in [-0.4, -0.2) is 32.8 Å². The van der Waals surface area contributed by atoms with Gasteiger partial charge in [0.05, 0.1) is 28.8 Å². The van der Waals surface area contributed by atoms with Gasteiger partial charge < -0.3 is 0 Å². The van der Waals surface area contributed by atoms with Gasteiger partial charge in [0.25, 0.3) is 17.7 Å². The fraction of sp³-hybridized carbons (Fsp3) is 0.105. The van der Waals surface area contributed by atoms with E-state index in [0.717, 1.165) is 28.4 Å². The standard InChI is InChI=1S/C19H11F3N4O3S/c20-19(21,22)13-8-4-3-7-12(13)15(27)23-18-25-24-14(30-18)9-26-16(28)10-5-1-2-6-11(10)17(26)29/h1-8H,9H2,(H,23,25,27). The number of aromatic nitrogens is 2. The Kier molecular flexibility index (Phi) is 4.82. The Morgan fingerprint density at radius 2 is 1.57 bits per heavy atom. The number of carbonyl (C=O) groups excluding carboxylic acids is 3. The monoisotopic (exact) mass is 432 g/mol. The average Bonchev–Trinajstić information content (AvgIpc) is 3.26. The van der Waals surface area contributed by atoms with Crippen molar-refractivity contribution in [1.29, 1.82) is 0 Å². The molecule has 1 aliphatic heterocycles. The van der Waals surface area contributed by atoms with E-state index >= 15 is 0 Å². The fourth-order valence-electron chi connectivity index (χ4n) is 2.98. The first-order chi connectivity index (χ1) is 14.3. The average molecular weight is 432 g/mol. The first-order valence-corrected chi connectivity index (χ1v) is 9.32. The Labute approximate surface area is 171 Å². The van der Waals surface area contributed by atoms with Crippen molar-refractivity contribution in [1.82, 2.24) is 15.1 Å². The van der Waals surface area contributed by atoms with Crippen molar-refractivity contribution < 1.29 is 27.6 Å². The van der Waals surface area contributed by atoms with Gasteiger partial charge in [-0.3, -0.25) is 24.6 Å². The van der Waals surface area contributed by atoms with Crippen LogP contribution in [0.2, 0.25) is 0 Å². The highest BCUT2D eigenvalue weighted by atomic mass is 32.1. The summed E-state index contributed by atoms with van der Waals surface area (Å²) in [7, 11) is 0. The zero-order valence-corrected chi connectivity index (χ0v) is 15.8. The van der Waals surface area contributed by atoms with Crippen molar-refractivity contribution in [2.45, 2.75) is 12.7 Å². The molecule has 2 heterocycles. The lowest BCUT2D eigenvalue weighted by Gasteiger charge is -2.11. The summed E-state index contributed by atoms with van der Waals surface area (Å²) in [5.41, 5.74) is -1.06. The molecule has 1 aliphatic rings. The highest BCUT2D eigenvalue weighted by Crippen LogP contribution is 2.32. The topological polar surface area (TPSA) is 92.3 Å². The van der Waals surface area contributed by atoms with Crippen LogP contribution in [0, 0.1) is 0 Å². The second kappa shape index (κ2) is 7.34. The zero-order valence-electron chi connectivity index (χ0n) is 14.9. The van der Waals surface area contributed by atoms with Crippen LogP contribution in [0.3, 0.4) is 0 Å². The van der Waals surface area contributed by atoms with Gasteiger partial charge in [-0.05, 0) is 24.3 Å². The summed E-state index contributed by atoms with van der Waals surface area (Å²) in [6.45, 7) is -0.168. The molecular weight excluding hydrogens is 421 g/mol. The zero-order chi connectivity index (χ0) is 21.5. The summed E-state index contributed by atoms with van der Waals surface area (Å²) in [5, 5.41) is 10.00. The van der Waals surface area contributed by atoms with Crippen molar-refractivity contribution in [3.8, 4) is 0 Å². The van der Waals surface area contributed by atoms with E-state index in [0.29, 0.717) is 0 Å². The second-order valence-electron chi connectivity index (χ2n) is 6.24. The van der Waals surface area contributed by atoms with Crippen molar-refractivity contribution in [2.75, 3.05) is 5.32 Å². The van der Waals surface area contributed by atoms with Gasteiger partial charge in [0, 0.05) is 0 Å². The van der Waals surface area contributed by atoms with Crippen LogP contribution in [0.4, 0.5) is 18.3 Å². The number of halogens is 3. The highest BCUT2D eigenvalue weighted by Gasteiger charge is 2.36. The predicted molar refractivity (Wildman–Crippen MR) is 100.0 cm³/mol. The molecule has 0 saturated heterocycles. The van der Waals surface area contributed by atoms with Gasteiger partial charge in [-0.25, -0.2) is 0 Å². The number of nitrogens with one attached hydrogen (secondary N) is 1. The lowest BCUT2D eigenvalue weighted by molar-refractivity contribution is -0.137. The Balaban J connectivity index is 1.49. The number of amides is 3. The van der Waals surface area contributed by atoms with Crippen molar-refractivity contribution in [3.63, 3.8) is 0 Å². The van der Waals surface area contributed by atoms with E-state index in [1.165, 1.54) is 12.1 Å². The van der Waals surface area contributed by atoms with E-state index in [1.807, 2.05) is 0 Å².